The standard InChI is InChI=1S/C19H18N4O6/c1-27-15-8-5-13(10-16(15)28-2)19-21-18(29-22-19)11-20-17(24)9-12-3-6-14(7-4-12)23(25)26/h3-8,10H,9,11H2,1-2H3,(H,20,24). The van der Waals surface area contributed by atoms with Gasteiger partial charge in [0, 0.05) is 17.7 Å². The van der Waals surface area contributed by atoms with Gasteiger partial charge in [0.05, 0.1) is 32.1 Å². The number of benzene rings is 2. The quantitative estimate of drug-likeness (QED) is 0.452. The first-order valence-electron chi connectivity index (χ1n) is 8.55. The van der Waals surface area contributed by atoms with E-state index in [0.717, 1.165) is 0 Å². The molecule has 0 aliphatic carbocycles. The summed E-state index contributed by atoms with van der Waals surface area (Å²) in [4.78, 5) is 26.5. The van der Waals surface area contributed by atoms with Crippen molar-refractivity contribution >= 4 is 11.6 Å². The second-order valence-corrected chi connectivity index (χ2v) is 5.96. The minimum atomic E-state index is -0.491. The van der Waals surface area contributed by atoms with Gasteiger partial charge in [-0.2, -0.15) is 4.98 Å². The lowest BCUT2D eigenvalue weighted by atomic mass is 10.1. The molecule has 0 saturated carbocycles. The van der Waals surface area contributed by atoms with Crippen LogP contribution >= 0.6 is 0 Å². The number of nitro groups is 1. The highest BCUT2D eigenvalue weighted by molar-refractivity contribution is 5.78. The molecule has 2 aromatic carbocycles. The molecule has 1 N–H and O–H groups in total. The average Bonchev–Trinajstić information content (AvgIpc) is 3.21. The number of nitro benzene ring substituents is 1. The summed E-state index contributed by atoms with van der Waals surface area (Å²) in [6.07, 6.45) is 0.0780. The van der Waals surface area contributed by atoms with Crippen molar-refractivity contribution in [3.63, 3.8) is 0 Å². The molecule has 1 aromatic heterocycles. The number of amides is 1. The van der Waals surface area contributed by atoms with E-state index in [1.807, 2.05) is 0 Å². The Morgan fingerprint density at radius 3 is 2.52 bits per heavy atom. The molecule has 0 aliphatic heterocycles. The first-order chi connectivity index (χ1) is 14.0. The number of rotatable bonds is 8. The molecule has 0 spiro atoms. The van der Waals surface area contributed by atoms with Gasteiger partial charge in [0.25, 0.3) is 5.69 Å². The van der Waals surface area contributed by atoms with Crippen molar-refractivity contribution in [2.45, 2.75) is 13.0 Å². The van der Waals surface area contributed by atoms with Gasteiger partial charge in [0.2, 0.25) is 17.6 Å². The topological polar surface area (TPSA) is 130 Å². The lowest BCUT2D eigenvalue weighted by Crippen LogP contribution is -2.24. The van der Waals surface area contributed by atoms with E-state index in [1.165, 1.54) is 19.2 Å². The van der Waals surface area contributed by atoms with Gasteiger partial charge in [-0.3, -0.25) is 14.9 Å². The largest absolute Gasteiger partial charge is 0.493 e. The highest BCUT2D eigenvalue weighted by Gasteiger charge is 2.13. The molecular weight excluding hydrogens is 380 g/mol. The summed E-state index contributed by atoms with van der Waals surface area (Å²) in [5.41, 5.74) is 1.31. The van der Waals surface area contributed by atoms with E-state index in [9.17, 15) is 14.9 Å². The maximum atomic E-state index is 12.1. The Hall–Kier alpha value is -3.95. The monoisotopic (exact) mass is 398 g/mol. The molecule has 0 saturated heterocycles. The van der Waals surface area contributed by atoms with Gasteiger partial charge in [-0.1, -0.05) is 17.3 Å². The molecule has 0 aliphatic rings. The summed E-state index contributed by atoms with van der Waals surface area (Å²) in [6, 6.07) is 11.0. The average molecular weight is 398 g/mol. The molecule has 150 valence electrons. The zero-order valence-corrected chi connectivity index (χ0v) is 15.7. The summed E-state index contributed by atoms with van der Waals surface area (Å²) < 4.78 is 15.6. The molecular formula is C19H18N4O6. The van der Waals surface area contributed by atoms with E-state index in [4.69, 9.17) is 14.0 Å². The van der Waals surface area contributed by atoms with Crippen molar-refractivity contribution in [2.24, 2.45) is 0 Å². The number of non-ortho nitro benzene ring substituents is 1. The molecule has 0 radical (unpaired) electrons. The van der Waals surface area contributed by atoms with Crippen LogP contribution in [0.4, 0.5) is 5.69 Å². The van der Waals surface area contributed by atoms with E-state index in [-0.39, 0.29) is 30.5 Å². The summed E-state index contributed by atoms with van der Waals surface area (Å²) in [5.74, 6) is 1.44. The fraction of sp³-hybridized carbons (Fsp3) is 0.211. The van der Waals surface area contributed by atoms with Crippen LogP contribution in [-0.4, -0.2) is 35.2 Å². The highest BCUT2D eigenvalue weighted by Crippen LogP contribution is 2.31. The van der Waals surface area contributed by atoms with Gasteiger partial charge in [0.1, 0.15) is 0 Å². The maximum Gasteiger partial charge on any atom is 0.269 e. The van der Waals surface area contributed by atoms with Crippen LogP contribution in [-0.2, 0) is 17.8 Å². The first kappa shape index (κ1) is 19.8. The van der Waals surface area contributed by atoms with E-state index in [0.29, 0.717) is 28.5 Å². The Morgan fingerprint density at radius 2 is 1.86 bits per heavy atom. The molecule has 10 nitrogen and oxygen atoms in total. The van der Waals surface area contributed by atoms with Gasteiger partial charge in [-0.05, 0) is 23.8 Å². The van der Waals surface area contributed by atoms with Crippen molar-refractivity contribution < 1.29 is 23.7 Å². The summed E-state index contributed by atoms with van der Waals surface area (Å²) in [7, 11) is 3.08. The van der Waals surface area contributed by atoms with Gasteiger partial charge < -0.3 is 19.3 Å². The van der Waals surface area contributed by atoms with Crippen LogP contribution in [0, 0.1) is 10.1 Å². The van der Waals surface area contributed by atoms with Crippen molar-refractivity contribution in [2.75, 3.05) is 14.2 Å². The number of nitrogens with one attached hydrogen (secondary N) is 1. The fourth-order valence-electron chi connectivity index (χ4n) is 2.58. The molecule has 0 bridgehead atoms. The second kappa shape index (κ2) is 8.83. The smallest absolute Gasteiger partial charge is 0.269 e. The molecule has 1 heterocycles. The molecule has 10 heteroatoms. The lowest BCUT2D eigenvalue weighted by Gasteiger charge is -2.07. The van der Waals surface area contributed by atoms with E-state index in [1.54, 1.807) is 37.4 Å². The van der Waals surface area contributed by atoms with Crippen LogP contribution in [0.25, 0.3) is 11.4 Å². The van der Waals surface area contributed by atoms with Crippen LogP contribution in [0.1, 0.15) is 11.5 Å². The van der Waals surface area contributed by atoms with Crippen LogP contribution < -0.4 is 14.8 Å². The summed E-state index contributed by atoms with van der Waals surface area (Å²) >= 11 is 0. The zero-order valence-electron chi connectivity index (χ0n) is 15.7. The number of nitrogens with zero attached hydrogens (tertiary/aromatic N) is 3. The molecule has 3 rings (SSSR count). The van der Waals surface area contributed by atoms with Crippen molar-refractivity contribution in [1.82, 2.24) is 15.5 Å². The number of ether oxygens (including phenoxy) is 2. The van der Waals surface area contributed by atoms with E-state index < -0.39 is 4.92 Å². The van der Waals surface area contributed by atoms with Crippen molar-refractivity contribution in [3.8, 4) is 22.9 Å². The zero-order chi connectivity index (χ0) is 20.8. The van der Waals surface area contributed by atoms with E-state index >= 15 is 0 Å². The van der Waals surface area contributed by atoms with Crippen LogP contribution in [0.5, 0.6) is 11.5 Å². The summed E-state index contributed by atoms with van der Waals surface area (Å²) in [5, 5.41) is 17.2. The number of aromatic nitrogens is 2. The highest BCUT2D eigenvalue weighted by atomic mass is 16.6. The molecule has 29 heavy (non-hydrogen) atoms. The number of methoxy groups -OCH3 is 2. The minimum Gasteiger partial charge on any atom is -0.493 e. The molecule has 0 atom stereocenters. The number of hydrogen-bond donors (Lipinski definition) is 1. The predicted octanol–water partition coefficient (Wildman–Crippen LogP) is 2.52. The molecule has 3 aromatic rings. The van der Waals surface area contributed by atoms with Crippen molar-refractivity contribution in [3.05, 3.63) is 64.0 Å². The van der Waals surface area contributed by atoms with Crippen LogP contribution in [0.2, 0.25) is 0 Å². The number of carbonyl (C=O) groups excluding carboxylic acids is 1. The molecule has 1 amide bonds. The number of hydrogen-bond acceptors (Lipinski definition) is 8. The normalized spacial score (nSPS) is 10.4. The number of carbonyl (C=O) groups is 1. The van der Waals surface area contributed by atoms with Crippen molar-refractivity contribution in [1.29, 1.82) is 0 Å². The minimum absolute atomic E-state index is 0.0253. The Morgan fingerprint density at radius 1 is 1.14 bits per heavy atom. The van der Waals surface area contributed by atoms with Gasteiger partial charge in [-0.15, -0.1) is 0 Å². The summed E-state index contributed by atoms with van der Waals surface area (Å²) in [6.45, 7) is 0.0616. The SMILES string of the molecule is COc1ccc(-c2noc(CNC(=O)Cc3ccc([N+](=O)[O-])cc3)n2)cc1OC. The predicted molar refractivity (Wildman–Crippen MR) is 101 cm³/mol. The van der Waals surface area contributed by atoms with Gasteiger partial charge in [-0.25, -0.2) is 0 Å². The second-order valence-electron chi connectivity index (χ2n) is 5.96. The van der Waals surface area contributed by atoms with Gasteiger partial charge >= 0.3 is 0 Å². The van der Waals surface area contributed by atoms with Crippen LogP contribution in [0.3, 0.4) is 0 Å². The fourth-order valence-corrected chi connectivity index (χ4v) is 2.58. The third-order valence-corrected chi connectivity index (χ3v) is 4.06. The third kappa shape index (κ3) is 4.86. The molecule has 0 unspecified atom stereocenters. The Bertz CT molecular complexity index is 1020. The molecule has 0 fully saturated rings. The van der Waals surface area contributed by atoms with Crippen LogP contribution in [0.15, 0.2) is 47.0 Å². The Labute approximate surface area is 165 Å². The third-order valence-electron chi connectivity index (χ3n) is 4.06. The maximum absolute atomic E-state index is 12.1. The Kier molecular flexibility index (Phi) is 6.03. The van der Waals surface area contributed by atoms with Gasteiger partial charge in [0.15, 0.2) is 11.5 Å². The Balaban J connectivity index is 1.59. The lowest BCUT2D eigenvalue weighted by molar-refractivity contribution is -0.384. The first-order valence-corrected chi connectivity index (χ1v) is 8.55. The van der Waals surface area contributed by atoms with E-state index in [2.05, 4.69) is 15.5 Å².